The largest absolute Gasteiger partial charge is 0.310 e. The molecule has 0 radical (unpaired) electrons. The second-order valence-electron chi connectivity index (χ2n) is 6.34. The minimum Gasteiger partial charge on any atom is -0.310 e. The lowest BCUT2D eigenvalue weighted by atomic mass is 10.0. The average Bonchev–Trinajstić information content (AvgIpc) is 2.38. The van der Waals surface area contributed by atoms with E-state index in [0.29, 0.717) is 6.04 Å². The summed E-state index contributed by atoms with van der Waals surface area (Å²) in [6.07, 6.45) is 1.23. The third-order valence-electron chi connectivity index (χ3n) is 3.86. The Morgan fingerprint density at radius 1 is 1.39 bits per heavy atom. The molecular formula is C16H26N2. The van der Waals surface area contributed by atoms with Crippen LogP contribution in [-0.4, -0.2) is 29.6 Å². The number of nitrogens with zero attached hydrogens (tertiary/aromatic N) is 1. The average molecular weight is 246 g/mol. The lowest BCUT2D eigenvalue weighted by Crippen LogP contribution is -2.47. The van der Waals surface area contributed by atoms with Crippen molar-refractivity contribution in [2.45, 2.75) is 52.2 Å². The molecule has 1 saturated heterocycles. The van der Waals surface area contributed by atoms with E-state index in [0.717, 1.165) is 19.6 Å². The first-order valence-corrected chi connectivity index (χ1v) is 7.01. The number of aryl methyl sites for hydroxylation is 1. The highest BCUT2D eigenvalue weighted by Gasteiger charge is 2.27. The normalized spacial score (nSPS) is 24.8. The van der Waals surface area contributed by atoms with Gasteiger partial charge < -0.3 is 5.32 Å². The highest BCUT2D eigenvalue weighted by atomic mass is 15.2. The van der Waals surface area contributed by atoms with Gasteiger partial charge in [-0.25, -0.2) is 0 Å². The Bertz CT molecular complexity index is 398. The summed E-state index contributed by atoms with van der Waals surface area (Å²) in [4.78, 5) is 2.61. The van der Waals surface area contributed by atoms with E-state index >= 15 is 0 Å². The van der Waals surface area contributed by atoms with Crippen LogP contribution in [0.3, 0.4) is 0 Å². The summed E-state index contributed by atoms with van der Waals surface area (Å²) in [5, 5.41) is 3.64. The summed E-state index contributed by atoms with van der Waals surface area (Å²) >= 11 is 0. The number of hydrogen-bond acceptors (Lipinski definition) is 2. The maximum Gasteiger partial charge on any atom is 0.0252 e. The van der Waals surface area contributed by atoms with Crippen molar-refractivity contribution in [1.29, 1.82) is 0 Å². The van der Waals surface area contributed by atoms with Gasteiger partial charge in [0.2, 0.25) is 0 Å². The van der Waals surface area contributed by atoms with Crippen molar-refractivity contribution in [3.63, 3.8) is 0 Å². The molecule has 1 aromatic carbocycles. The molecule has 1 atom stereocenters. The smallest absolute Gasteiger partial charge is 0.0252 e. The quantitative estimate of drug-likeness (QED) is 0.863. The van der Waals surface area contributed by atoms with Crippen molar-refractivity contribution in [3.8, 4) is 0 Å². The fourth-order valence-electron chi connectivity index (χ4n) is 2.78. The van der Waals surface area contributed by atoms with Gasteiger partial charge >= 0.3 is 0 Å². The molecule has 18 heavy (non-hydrogen) atoms. The molecule has 100 valence electrons. The monoisotopic (exact) mass is 246 g/mol. The van der Waals surface area contributed by atoms with E-state index in [1.807, 2.05) is 0 Å². The summed E-state index contributed by atoms with van der Waals surface area (Å²) in [6.45, 7) is 12.4. The van der Waals surface area contributed by atoms with Crippen LogP contribution in [0.4, 0.5) is 0 Å². The molecule has 1 fully saturated rings. The lowest BCUT2D eigenvalue weighted by Gasteiger charge is -2.33. The Morgan fingerprint density at radius 3 is 2.89 bits per heavy atom. The molecule has 0 aromatic heterocycles. The minimum absolute atomic E-state index is 0.217. The molecule has 0 bridgehead atoms. The Hall–Kier alpha value is -0.860. The van der Waals surface area contributed by atoms with E-state index in [1.54, 1.807) is 0 Å². The molecule has 0 spiro atoms. The molecule has 1 unspecified atom stereocenters. The van der Waals surface area contributed by atoms with Crippen molar-refractivity contribution in [1.82, 2.24) is 10.2 Å². The first kappa shape index (κ1) is 13.6. The van der Waals surface area contributed by atoms with Gasteiger partial charge in [-0.1, -0.05) is 29.8 Å². The Balaban J connectivity index is 2.10. The first-order chi connectivity index (χ1) is 8.46. The molecule has 0 saturated carbocycles. The number of rotatable bonds is 2. The second kappa shape index (κ2) is 5.41. The number of benzene rings is 1. The minimum atomic E-state index is 0.217. The van der Waals surface area contributed by atoms with Gasteiger partial charge in [0.1, 0.15) is 0 Å². The molecule has 1 N–H and O–H groups in total. The fourth-order valence-corrected chi connectivity index (χ4v) is 2.78. The van der Waals surface area contributed by atoms with E-state index in [2.05, 4.69) is 62.2 Å². The fraction of sp³-hybridized carbons (Fsp3) is 0.625. The molecule has 1 heterocycles. The molecule has 2 nitrogen and oxygen atoms in total. The van der Waals surface area contributed by atoms with E-state index in [4.69, 9.17) is 0 Å². The van der Waals surface area contributed by atoms with Crippen LogP contribution < -0.4 is 5.32 Å². The van der Waals surface area contributed by atoms with Crippen molar-refractivity contribution >= 4 is 0 Å². The molecule has 0 amide bonds. The summed E-state index contributed by atoms with van der Waals surface area (Å²) in [5.41, 5.74) is 3.00. The molecule has 2 heteroatoms. The standard InChI is InChI=1S/C16H26N2/c1-13-6-5-7-15(10-13)11-18-12-16(3,4)17-9-8-14(18)2/h5-7,10,14,17H,8-9,11-12H2,1-4H3. The number of nitrogens with one attached hydrogen (secondary N) is 1. The van der Waals surface area contributed by atoms with Crippen molar-refractivity contribution in [3.05, 3.63) is 35.4 Å². The Labute approximate surface area is 111 Å². The molecule has 2 rings (SSSR count). The SMILES string of the molecule is Cc1cccc(CN2CC(C)(C)NCCC2C)c1. The molecule has 1 aliphatic heterocycles. The predicted octanol–water partition coefficient (Wildman–Crippen LogP) is 2.96. The van der Waals surface area contributed by atoms with Crippen LogP contribution in [0.2, 0.25) is 0 Å². The summed E-state index contributed by atoms with van der Waals surface area (Å²) in [5.74, 6) is 0. The van der Waals surface area contributed by atoms with E-state index in [1.165, 1.54) is 17.5 Å². The van der Waals surface area contributed by atoms with Crippen LogP contribution in [0.15, 0.2) is 24.3 Å². The van der Waals surface area contributed by atoms with Gasteiger partial charge in [0.25, 0.3) is 0 Å². The maximum absolute atomic E-state index is 3.64. The van der Waals surface area contributed by atoms with Crippen molar-refractivity contribution in [2.24, 2.45) is 0 Å². The molecule has 0 aliphatic carbocycles. The van der Waals surface area contributed by atoms with Gasteiger partial charge in [-0.2, -0.15) is 0 Å². The van der Waals surface area contributed by atoms with Gasteiger partial charge in [-0.15, -0.1) is 0 Å². The molecule has 1 aliphatic rings. The zero-order valence-corrected chi connectivity index (χ0v) is 12.2. The Morgan fingerprint density at radius 2 is 2.17 bits per heavy atom. The van der Waals surface area contributed by atoms with Gasteiger partial charge in [-0.05, 0) is 46.2 Å². The van der Waals surface area contributed by atoms with Crippen LogP contribution in [-0.2, 0) is 6.54 Å². The van der Waals surface area contributed by atoms with Gasteiger partial charge in [0.15, 0.2) is 0 Å². The third-order valence-corrected chi connectivity index (χ3v) is 3.86. The van der Waals surface area contributed by atoms with Crippen LogP contribution in [0.25, 0.3) is 0 Å². The van der Waals surface area contributed by atoms with Gasteiger partial charge in [0.05, 0.1) is 0 Å². The first-order valence-electron chi connectivity index (χ1n) is 7.01. The lowest BCUT2D eigenvalue weighted by molar-refractivity contribution is 0.173. The van der Waals surface area contributed by atoms with Crippen LogP contribution in [0, 0.1) is 6.92 Å². The van der Waals surface area contributed by atoms with Crippen molar-refractivity contribution in [2.75, 3.05) is 13.1 Å². The van der Waals surface area contributed by atoms with E-state index in [9.17, 15) is 0 Å². The van der Waals surface area contributed by atoms with Gasteiger partial charge in [0, 0.05) is 24.7 Å². The molecular weight excluding hydrogens is 220 g/mol. The van der Waals surface area contributed by atoms with E-state index in [-0.39, 0.29) is 5.54 Å². The zero-order valence-electron chi connectivity index (χ0n) is 12.2. The Kier molecular flexibility index (Phi) is 4.08. The van der Waals surface area contributed by atoms with Crippen molar-refractivity contribution < 1.29 is 0 Å². The van der Waals surface area contributed by atoms with Crippen LogP contribution in [0.1, 0.15) is 38.3 Å². The number of hydrogen-bond donors (Lipinski definition) is 1. The second-order valence-corrected chi connectivity index (χ2v) is 6.34. The van der Waals surface area contributed by atoms with Gasteiger partial charge in [-0.3, -0.25) is 4.90 Å². The summed E-state index contributed by atoms with van der Waals surface area (Å²) in [6, 6.07) is 9.53. The summed E-state index contributed by atoms with van der Waals surface area (Å²) in [7, 11) is 0. The van der Waals surface area contributed by atoms with Crippen LogP contribution in [0.5, 0.6) is 0 Å². The third kappa shape index (κ3) is 3.56. The van der Waals surface area contributed by atoms with Crippen LogP contribution >= 0.6 is 0 Å². The predicted molar refractivity (Wildman–Crippen MR) is 77.7 cm³/mol. The zero-order chi connectivity index (χ0) is 13.2. The summed E-state index contributed by atoms with van der Waals surface area (Å²) < 4.78 is 0. The van der Waals surface area contributed by atoms with E-state index < -0.39 is 0 Å². The highest BCUT2D eigenvalue weighted by molar-refractivity contribution is 5.22. The maximum atomic E-state index is 3.64. The molecule has 1 aromatic rings. The highest BCUT2D eigenvalue weighted by Crippen LogP contribution is 2.18. The topological polar surface area (TPSA) is 15.3 Å².